The number of hydrogen-bond acceptors (Lipinski definition) is 6. The molecular formula is C12H20N2O5S2. The Bertz CT molecular complexity index is 698. The van der Waals surface area contributed by atoms with Gasteiger partial charge in [0.1, 0.15) is 4.90 Å². The smallest absolute Gasteiger partial charge is 0.244 e. The van der Waals surface area contributed by atoms with Gasteiger partial charge in [0.25, 0.3) is 0 Å². The van der Waals surface area contributed by atoms with Crippen molar-refractivity contribution in [1.29, 1.82) is 0 Å². The predicted octanol–water partition coefficient (Wildman–Crippen LogP) is 0.329. The molecule has 0 fully saturated rings. The molecule has 0 spiro atoms. The van der Waals surface area contributed by atoms with Crippen molar-refractivity contribution in [3.63, 3.8) is 0 Å². The second-order valence-electron chi connectivity index (χ2n) is 4.64. The van der Waals surface area contributed by atoms with E-state index in [-0.39, 0.29) is 22.0 Å². The van der Waals surface area contributed by atoms with Crippen molar-refractivity contribution in [3.05, 3.63) is 18.2 Å². The maximum Gasteiger partial charge on any atom is 0.244 e. The second-order valence-corrected chi connectivity index (χ2v) is 8.67. The maximum absolute atomic E-state index is 12.4. The Kier molecular flexibility index (Phi) is 5.74. The molecule has 120 valence electrons. The minimum atomic E-state index is -3.84. The highest BCUT2D eigenvalue weighted by molar-refractivity contribution is 7.91. The summed E-state index contributed by atoms with van der Waals surface area (Å²) >= 11 is 0. The van der Waals surface area contributed by atoms with Crippen LogP contribution >= 0.6 is 0 Å². The number of nitrogens with zero attached hydrogens (tertiary/aromatic N) is 1. The molecule has 0 unspecified atom stereocenters. The van der Waals surface area contributed by atoms with Gasteiger partial charge in [0, 0.05) is 33.6 Å². The van der Waals surface area contributed by atoms with E-state index >= 15 is 0 Å². The van der Waals surface area contributed by atoms with Crippen LogP contribution in [0, 0.1) is 0 Å². The number of benzene rings is 1. The van der Waals surface area contributed by atoms with Crippen molar-refractivity contribution in [1.82, 2.24) is 4.31 Å². The Hall–Kier alpha value is -1.16. The molecule has 0 radical (unpaired) electrons. The van der Waals surface area contributed by atoms with Gasteiger partial charge in [-0.05, 0) is 24.6 Å². The van der Waals surface area contributed by atoms with Gasteiger partial charge < -0.3 is 10.5 Å². The van der Waals surface area contributed by atoms with Crippen molar-refractivity contribution in [2.75, 3.05) is 39.3 Å². The number of ether oxygens (including phenoxy) is 1. The molecule has 0 aliphatic heterocycles. The molecule has 0 saturated carbocycles. The zero-order valence-corrected chi connectivity index (χ0v) is 13.9. The highest BCUT2D eigenvalue weighted by atomic mass is 32.2. The van der Waals surface area contributed by atoms with Crippen molar-refractivity contribution >= 4 is 25.5 Å². The molecule has 2 N–H and O–H groups in total. The fourth-order valence-corrected chi connectivity index (χ4v) is 3.76. The van der Waals surface area contributed by atoms with Crippen LogP contribution in [-0.2, 0) is 24.6 Å². The summed E-state index contributed by atoms with van der Waals surface area (Å²) in [4.78, 5) is -0.286. The van der Waals surface area contributed by atoms with Crippen LogP contribution in [0.15, 0.2) is 28.0 Å². The molecule has 21 heavy (non-hydrogen) atoms. The number of nitrogens with two attached hydrogens (primary N) is 1. The molecule has 1 rings (SSSR count). The molecule has 0 bridgehead atoms. The number of nitrogen functional groups attached to an aromatic ring is 1. The Balaban J connectivity index is 3.19. The van der Waals surface area contributed by atoms with Crippen LogP contribution in [0.5, 0.6) is 0 Å². The number of hydrogen-bond donors (Lipinski definition) is 1. The highest BCUT2D eigenvalue weighted by Gasteiger charge is 2.24. The molecule has 1 aromatic rings. The summed E-state index contributed by atoms with van der Waals surface area (Å²) in [6, 6.07) is 3.66. The Morgan fingerprint density at radius 2 is 1.86 bits per heavy atom. The molecule has 0 heterocycles. The van der Waals surface area contributed by atoms with Crippen LogP contribution in [-0.4, -0.2) is 54.7 Å². The fourth-order valence-electron chi connectivity index (χ4n) is 1.69. The Morgan fingerprint density at radius 1 is 1.24 bits per heavy atom. The van der Waals surface area contributed by atoms with Gasteiger partial charge in [-0.1, -0.05) is 0 Å². The Morgan fingerprint density at radius 3 is 2.38 bits per heavy atom. The maximum atomic E-state index is 12.4. The van der Waals surface area contributed by atoms with Crippen LogP contribution < -0.4 is 5.73 Å². The minimum Gasteiger partial charge on any atom is -0.398 e. The van der Waals surface area contributed by atoms with Gasteiger partial charge in [-0.2, -0.15) is 0 Å². The average Bonchev–Trinajstić information content (AvgIpc) is 2.37. The largest absolute Gasteiger partial charge is 0.398 e. The van der Waals surface area contributed by atoms with E-state index < -0.39 is 19.9 Å². The van der Waals surface area contributed by atoms with Crippen molar-refractivity contribution in [2.24, 2.45) is 0 Å². The number of methoxy groups -OCH3 is 1. The first kappa shape index (κ1) is 17.9. The van der Waals surface area contributed by atoms with E-state index in [1.165, 1.54) is 26.3 Å². The molecule has 0 aromatic heterocycles. The first-order valence-electron chi connectivity index (χ1n) is 6.15. The molecular weight excluding hydrogens is 316 g/mol. The summed E-state index contributed by atoms with van der Waals surface area (Å²) in [6.07, 6.45) is 1.54. The van der Waals surface area contributed by atoms with Crippen LogP contribution in [0.25, 0.3) is 0 Å². The lowest BCUT2D eigenvalue weighted by Gasteiger charge is -2.18. The van der Waals surface area contributed by atoms with E-state index in [1.807, 2.05) is 0 Å². The number of anilines is 1. The zero-order chi connectivity index (χ0) is 16.3. The second kappa shape index (κ2) is 6.73. The minimum absolute atomic E-state index is 0.0148. The van der Waals surface area contributed by atoms with E-state index in [2.05, 4.69) is 0 Å². The van der Waals surface area contributed by atoms with E-state index in [0.29, 0.717) is 13.0 Å². The molecule has 0 aliphatic rings. The van der Waals surface area contributed by atoms with Gasteiger partial charge in [0.2, 0.25) is 10.0 Å². The standard InChI is InChI=1S/C12H20N2O5S2/c1-14(7-4-8-19-2)21(17,18)12-9-10(20(3,15)16)5-6-11(12)13/h5-6,9H,4,7-8,13H2,1-3H3. The number of sulfone groups is 1. The lowest BCUT2D eigenvalue weighted by molar-refractivity contribution is 0.189. The molecule has 0 amide bonds. The van der Waals surface area contributed by atoms with Gasteiger partial charge in [-0.15, -0.1) is 0 Å². The monoisotopic (exact) mass is 336 g/mol. The fraction of sp³-hybridized carbons (Fsp3) is 0.500. The van der Waals surface area contributed by atoms with Gasteiger partial charge in [-0.3, -0.25) is 0 Å². The SMILES string of the molecule is COCCCN(C)S(=O)(=O)c1cc(S(C)(=O)=O)ccc1N. The van der Waals surface area contributed by atoms with Gasteiger partial charge in [0.15, 0.2) is 9.84 Å². The average molecular weight is 336 g/mol. The summed E-state index contributed by atoms with van der Waals surface area (Å²) in [7, 11) is -4.41. The first-order chi connectivity index (χ1) is 9.60. The van der Waals surface area contributed by atoms with Crippen LogP contribution in [0.2, 0.25) is 0 Å². The number of sulfonamides is 1. The third kappa shape index (κ3) is 4.40. The van der Waals surface area contributed by atoms with E-state index in [4.69, 9.17) is 10.5 Å². The summed E-state index contributed by atoms with van der Waals surface area (Å²) in [5, 5.41) is 0. The molecule has 0 aliphatic carbocycles. The summed E-state index contributed by atoms with van der Waals surface area (Å²) in [6.45, 7) is 0.678. The molecule has 0 saturated heterocycles. The summed E-state index contributed by atoms with van der Waals surface area (Å²) in [5.74, 6) is 0. The highest BCUT2D eigenvalue weighted by Crippen LogP contribution is 2.25. The predicted molar refractivity (Wildman–Crippen MR) is 80.3 cm³/mol. The summed E-state index contributed by atoms with van der Waals surface area (Å²) in [5.41, 5.74) is 5.70. The van der Waals surface area contributed by atoms with E-state index in [1.54, 1.807) is 0 Å². The lowest BCUT2D eigenvalue weighted by Crippen LogP contribution is -2.29. The van der Waals surface area contributed by atoms with Crippen molar-refractivity contribution in [3.8, 4) is 0 Å². The Labute approximate surface area is 125 Å². The number of rotatable bonds is 7. The topological polar surface area (TPSA) is 107 Å². The van der Waals surface area contributed by atoms with E-state index in [9.17, 15) is 16.8 Å². The molecule has 0 atom stereocenters. The van der Waals surface area contributed by atoms with Crippen molar-refractivity contribution in [2.45, 2.75) is 16.2 Å². The van der Waals surface area contributed by atoms with Crippen LogP contribution in [0.3, 0.4) is 0 Å². The van der Waals surface area contributed by atoms with Gasteiger partial charge in [0.05, 0.1) is 10.6 Å². The third-order valence-electron chi connectivity index (χ3n) is 2.92. The van der Waals surface area contributed by atoms with Crippen LogP contribution in [0.1, 0.15) is 6.42 Å². The van der Waals surface area contributed by atoms with Gasteiger partial charge >= 0.3 is 0 Å². The first-order valence-corrected chi connectivity index (χ1v) is 9.48. The van der Waals surface area contributed by atoms with Gasteiger partial charge in [-0.25, -0.2) is 21.1 Å². The normalized spacial score (nSPS) is 12.8. The molecule has 7 nitrogen and oxygen atoms in total. The molecule has 1 aromatic carbocycles. The summed E-state index contributed by atoms with van der Waals surface area (Å²) < 4.78 is 54.0. The third-order valence-corrected chi connectivity index (χ3v) is 5.95. The molecule has 9 heteroatoms. The zero-order valence-electron chi connectivity index (χ0n) is 12.2. The van der Waals surface area contributed by atoms with Crippen molar-refractivity contribution < 1.29 is 21.6 Å². The van der Waals surface area contributed by atoms with Crippen LogP contribution in [0.4, 0.5) is 5.69 Å². The lowest BCUT2D eigenvalue weighted by atomic mass is 10.3. The van der Waals surface area contributed by atoms with E-state index in [0.717, 1.165) is 16.6 Å². The quantitative estimate of drug-likeness (QED) is 0.568.